The molecule has 0 radical (unpaired) electrons. The predicted molar refractivity (Wildman–Crippen MR) is 134 cm³/mol. The molecule has 6 rings (SSSR count). The number of nitrogens with zero attached hydrogens (tertiary/aromatic N) is 9. The van der Waals surface area contributed by atoms with E-state index in [9.17, 15) is 0 Å². The lowest BCUT2D eigenvalue weighted by atomic mass is 10.3. The summed E-state index contributed by atoms with van der Waals surface area (Å²) in [5.74, 6) is 2.30. The van der Waals surface area contributed by atoms with Gasteiger partial charge in [0.2, 0.25) is 5.95 Å². The molecule has 1 aliphatic heterocycles. The highest BCUT2D eigenvalue weighted by atomic mass is 35.5. The first-order chi connectivity index (χ1) is 17.7. The van der Waals surface area contributed by atoms with Gasteiger partial charge >= 0.3 is 0 Å². The van der Waals surface area contributed by atoms with Crippen molar-refractivity contribution in [1.29, 1.82) is 0 Å². The van der Waals surface area contributed by atoms with Crippen LogP contribution in [0.1, 0.15) is 0 Å². The molecule has 36 heavy (non-hydrogen) atoms. The lowest BCUT2D eigenvalue weighted by Gasteiger charge is -2.33. The molecule has 0 atom stereocenters. The maximum absolute atomic E-state index is 6.53. The molecule has 182 valence electrons. The highest BCUT2D eigenvalue weighted by molar-refractivity contribution is 6.32. The number of hydrogen-bond acceptors (Lipinski definition) is 11. The number of hydrogen-bond donors (Lipinski definition) is 1. The van der Waals surface area contributed by atoms with Gasteiger partial charge in [0.25, 0.3) is 0 Å². The number of aromatic nitrogens is 7. The van der Waals surface area contributed by atoms with Gasteiger partial charge in [0.15, 0.2) is 11.5 Å². The average Bonchev–Trinajstić information content (AvgIpc) is 3.38. The topological polar surface area (TPSA) is 119 Å². The van der Waals surface area contributed by atoms with E-state index in [0.29, 0.717) is 45.0 Å². The number of hydroxylamine groups is 2. The third kappa shape index (κ3) is 4.44. The number of rotatable bonds is 6. The number of anilines is 3. The summed E-state index contributed by atoms with van der Waals surface area (Å²) < 4.78 is 7.61. The summed E-state index contributed by atoms with van der Waals surface area (Å²) >= 11 is 6.53. The monoisotopic (exact) mass is 504 g/mol. The standard InChI is InChI=1S/C23H21ClN10O2/c1-35-33-8-6-32(7-9-33)23-25-12-18-21(31-23)22(28-13-26-18)30-15-2-3-19(17(24)10-15)36-16-4-5-34-20(11-16)27-14-29-34/h2-5,10-14H,6-9H2,1H3,(H,26,28,30). The summed E-state index contributed by atoms with van der Waals surface area (Å²) in [6.45, 7) is 3.07. The van der Waals surface area contributed by atoms with Gasteiger partial charge in [-0.3, -0.25) is 0 Å². The van der Waals surface area contributed by atoms with Crippen molar-refractivity contribution >= 4 is 45.7 Å². The highest BCUT2D eigenvalue weighted by Gasteiger charge is 2.20. The van der Waals surface area contributed by atoms with Gasteiger partial charge in [-0.15, -0.1) is 0 Å². The Kier molecular flexibility index (Phi) is 5.89. The van der Waals surface area contributed by atoms with Gasteiger partial charge in [-0.1, -0.05) is 11.6 Å². The molecule has 5 aromatic rings. The molecule has 0 spiro atoms. The largest absolute Gasteiger partial charge is 0.456 e. The SMILES string of the molecule is CON1CCN(c2ncc3ncnc(Nc4ccc(Oc5ccn6ncnc6c5)c(Cl)c4)c3n2)CC1. The van der Waals surface area contributed by atoms with Crippen molar-refractivity contribution in [1.82, 2.24) is 39.6 Å². The summed E-state index contributed by atoms with van der Waals surface area (Å²) in [6.07, 6.45) is 6.45. The summed E-state index contributed by atoms with van der Waals surface area (Å²) in [7, 11) is 1.68. The minimum absolute atomic E-state index is 0.436. The van der Waals surface area contributed by atoms with Crippen LogP contribution in [0.5, 0.6) is 11.5 Å². The molecule has 0 amide bonds. The van der Waals surface area contributed by atoms with Crippen molar-refractivity contribution in [2.45, 2.75) is 0 Å². The van der Waals surface area contributed by atoms with Crippen LogP contribution in [-0.4, -0.2) is 72.9 Å². The Hall–Kier alpha value is -4.13. The number of piperazine rings is 1. The number of benzene rings is 1. The van der Waals surface area contributed by atoms with Crippen LogP contribution in [0.3, 0.4) is 0 Å². The third-order valence-electron chi connectivity index (χ3n) is 5.82. The number of halogens is 1. The number of ether oxygens (including phenoxy) is 1. The second-order valence-electron chi connectivity index (χ2n) is 8.02. The van der Waals surface area contributed by atoms with Crippen molar-refractivity contribution in [2.24, 2.45) is 0 Å². The van der Waals surface area contributed by atoms with Crippen molar-refractivity contribution in [2.75, 3.05) is 43.5 Å². The fraction of sp³-hybridized carbons (Fsp3) is 0.217. The molecule has 4 aromatic heterocycles. The lowest BCUT2D eigenvalue weighted by molar-refractivity contribution is -0.133. The van der Waals surface area contributed by atoms with E-state index in [2.05, 4.69) is 35.3 Å². The van der Waals surface area contributed by atoms with Gasteiger partial charge in [0.05, 0.1) is 18.3 Å². The molecule has 12 nitrogen and oxygen atoms in total. The fourth-order valence-electron chi connectivity index (χ4n) is 3.94. The Bertz CT molecular complexity index is 1540. The zero-order valence-corrected chi connectivity index (χ0v) is 20.0. The second kappa shape index (κ2) is 9.49. The molecular formula is C23H21ClN10O2. The molecule has 1 saturated heterocycles. The molecule has 1 fully saturated rings. The van der Waals surface area contributed by atoms with E-state index in [1.807, 2.05) is 11.1 Å². The maximum atomic E-state index is 6.53. The van der Waals surface area contributed by atoms with Gasteiger partial charge in [-0.2, -0.15) is 10.2 Å². The van der Waals surface area contributed by atoms with Crippen molar-refractivity contribution in [3.8, 4) is 11.5 Å². The van der Waals surface area contributed by atoms with E-state index in [4.69, 9.17) is 26.2 Å². The average molecular weight is 505 g/mol. The highest BCUT2D eigenvalue weighted by Crippen LogP contribution is 2.33. The predicted octanol–water partition coefficient (Wildman–Crippen LogP) is 3.34. The molecule has 1 N–H and O–H groups in total. The van der Waals surface area contributed by atoms with Crippen LogP contribution in [-0.2, 0) is 4.84 Å². The first-order valence-corrected chi connectivity index (χ1v) is 11.6. The van der Waals surface area contributed by atoms with Crippen LogP contribution in [0.4, 0.5) is 17.5 Å². The van der Waals surface area contributed by atoms with Gasteiger partial charge in [0, 0.05) is 44.1 Å². The van der Waals surface area contributed by atoms with Crippen LogP contribution in [0.25, 0.3) is 16.7 Å². The number of pyridine rings is 1. The molecule has 1 aromatic carbocycles. The maximum Gasteiger partial charge on any atom is 0.226 e. The first-order valence-electron chi connectivity index (χ1n) is 11.2. The molecule has 0 saturated carbocycles. The van der Waals surface area contributed by atoms with Crippen LogP contribution < -0.4 is 15.0 Å². The van der Waals surface area contributed by atoms with E-state index in [1.54, 1.807) is 48.3 Å². The van der Waals surface area contributed by atoms with Gasteiger partial charge < -0.3 is 19.8 Å². The molecule has 0 unspecified atom stereocenters. The van der Waals surface area contributed by atoms with Gasteiger partial charge in [0.1, 0.15) is 35.2 Å². The summed E-state index contributed by atoms with van der Waals surface area (Å²) in [5.41, 5.74) is 2.67. The minimum Gasteiger partial charge on any atom is -0.456 e. The fourth-order valence-corrected chi connectivity index (χ4v) is 4.16. The van der Waals surface area contributed by atoms with Crippen LogP contribution in [0.2, 0.25) is 5.02 Å². The van der Waals surface area contributed by atoms with E-state index >= 15 is 0 Å². The van der Waals surface area contributed by atoms with Crippen LogP contribution in [0, 0.1) is 0 Å². The Balaban J connectivity index is 1.23. The summed E-state index contributed by atoms with van der Waals surface area (Å²) in [6, 6.07) is 9.00. The number of fused-ring (bicyclic) bond motifs is 2. The zero-order chi connectivity index (χ0) is 24.5. The zero-order valence-electron chi connectivity index (χ0n) is 19.2. The smallest absolute Gasteiger partial charge is 0.226 e. The van der Waals surface area contributed by atoms with Crippen molar-refractivity contribution in [3.63, 3.8) is 0 Å². The lowest BCUT2D eigenvalue weighted by Crippen LogP contribution is -2.46. The van der Waals surface area contributed by atoms with Crippen LogP contribution >= 0.6 is 11.6 Å². The molecule has 1 aliphatic rings. The molecule has 0 aliphatic carbocycles. The quantitative estimate of drug-likeness (QED) is 0.366. The normalized spacial score (nSPS) is 14.4. The van der Waals surface area contributed by atoms with E-state index < -0.39 is 0 Å². The van der Waals surface area contributed by atoms with Crippen molar-refractivity contribution in [3.05, 3.63) is 60.4 Å². The van der Waals surface area contributed by atoms with Gasteiger partial charge in [-0.05, 0) is 24.3 Å². The summed E-state index contributed by atoms with van der Waals surface area (Å²) in [4.78, 5) is 29.6. The summed E-state index contributed by atoms with van der Waals surface area (Å²) in [5, 5.41) is 9.73. The third-order valence-corrected chi connectivity index (χ3v) is 6.11. The molecule has 5 heterocycles. The first kappa shape index (κ1) is 22.3. The van der Waals surface area contributed by atoms with E-state index in [1.165, 1.54) is 12.7 Å². The molecule has 13 heteroatoms. The van der Waals surface area contributed by atoms with Crippen molar-refractivity contribution < 1.29 is 9.57 Å². The Morgan fingerprint density at radius 2 is 1.86 bits per heavy atom. The number of nitrogens with one attached hydrogen (secondary N) is 1. The van der Waals surface area contributed by atoms with E-state index in [0.717, 1.165) is 31.9 Å². The Morgan fingerprint density at radius 1 is 0.972 bits per heavy atom. The van der Waals surface area contributed by atoms with Crippen LogP contribution in [0.15, 0.2) is 55.4 Å². The minimum atomic E-state index is 0.436. The van der Waals surface area contributed by atoms with Gasteiger partial charge in [-0.25, -0.2) is 29.4 Å². The Labute approximate surface area is 210 Å². The second-order valence-corrected chi connectivity index (χ2v) is 8.43. The Morgan fingerprint density at radius 3 is 2.69 bits per heavy atom. The van der Waals surface area contributed by atoms with E-state index in [-0.39, 0.29) is 0 Å². The molecular weight excluding hydrogens is 484 g/mol. The molecule has 0 bridgehead atoms.